The molecule has 0 amide bonds. The third-order valence-corrected chi connectivity index (χ3v) is 2.19. The molecule has 0 unspecified atom stereocenters. The molecule has 7 nitrogen and oxygen atoms in total. The third kappa shape index (κ3) is 1.52. The number of aromatic amines is 2. The highest BCUT2D eigenvalue weighted by atomic mass is 16.4. The molecule has 0 fully saturated rings. The van der Waals surface area contributed by atoms with Crippen molar-refractivity contribution < 1.29 is 9.90 Å². The van der Waals surface area contributed by atoms with Gasteiger partial charge in [0, 0.05) is 5.69 Å². The lowest BCUT2D eigenvalue weighted by Crippen LogP contribution is -2.37. The van der Waals surface area contributed by atoms with Gasteiger partial charge in [0.15, 0.2) is 0 Å². The fourth-order valence-electron chi connectivity index (χ4n) is 1.55. The quantitative estimate of drug-likeness (QED) is 0.632. The molecule has 7 heteroatoms. The molecule has 0 bridgehead atoms. The lowest BCUT2D eigenvalue weighted by Gasteiger charge is -1.99. The van der Waals surface area contributed by atoms with Gasteiger partial charge in [-0.3, -0.25) is 9.59 Å². The van der Waals surface area contributed by atoms with Crippen molar-refractivity contribution in [3.8, 4) is 0 Å². The van der Waals surface area contributed by atoms with Crippen molar-refractivity contribution in [2.75, 3.05) is 0 Å². The molecular weight excluding hydrogens is 214 g/mol. The molecular formula is C9H9N3O4. The van der Waals surface area contributed by atoms with Crippen molar-refractivity contribution in [3.63, 3.8) is 0 Å². The molecule has 0 atom stereocenters. The molecule has 0 aliphatic heterocycles. The predicted molar refractivity (Wildman–Crippen MR) is 55.6 cm³/mol. The number of rotatable bonds is 2. The van der Waals surface area contributed by atoms with E-state index in [-0.39, 0.29) is 5.52 Å². The van der Waals surface area contributed by atoms with Gasteiger partial charge in [-0.2, -0.15) is 0 Å². The van der Waals surface area contributed by atoms with Crippen molar-refractivity contribution in [2.24, 2.45) is 0 Å². The number of H-pyrrole nitrogens is 2. The van der Waals surface area contributed by atoms with Crippen LogP contribution in [0.3, 0.4) is 0 Å². The number of carbonyl (C=O) groups is 1. The zero-order valence-corrected chi connectivity index (χ0v) is 8.40. The van der Waals surface area contributed by atoms with Gasteiger partial charge >= 0.3 is 11.7 Å². The molecule has 2 aromatic heterocycles. The van der Waals surface area contributed by atoms with Crippen LogP contribution in [0, 0.1) is 6.92 Å². The minimum Gasteiger partial charge on any atom is -0.480 e. The highest BCUT2D eigenvalue weighted by Gasteiger charge is 2.11. The highest BCUT2D eigenvalue weighted by molar-refractivity contribution is 5.75. The number of fused-ring (bicyclic) bond motifs is 1. The predicted octanol–water partition coefficient (Wildman–Crippen LogP) is -0.589. The van der Waals surface area contributed by atoms with Crippen molar-refractivity contribution >= 4 is 17.0 Å². The first-order valence-corrected chi connectivity index (χ1v) is 4.53. The molecule has 0 saturated carbocycles. The van der Waals surface area contributed by atoms with E-state index in [1.54, 1.807) is 13.0 Å². The molecule has 84 valence electrons. The molecule has 0 saturated heterocycles. The molecule has 2 aromatic rings. The van der Waals surface area contributed by atoms with Crippen LogP contribution in [0.25, 0.3) is 11.0 Å². The van der Waals surface area contributed by atoms with E-state index < -0.39 is 23.8 Å². The maximum absolute atomic E-state index is 11.7. The maximum atomic E-state index is 11.7. The zero-order chi connectivity index (χ0) is 11.9. The Bertz CT molecular complexity index is 676. The Morgan fingerprint density at radius 1 is 1.44 bits per heavy atom. The average molecular weight is 223 g/mol. The van der Waals surface area contributed by atoms with E-state index in [2.05, 4.69) is 9.97 Å². The minimum absolute atomic E-state index is 0.207. The highest BCUT2D eigenvalue weighted by Crippen LogP contribution is 2.05. The van der Waals surface area contributed by atoms with Crippen molar-refractivity contribution in [3.05, 3.63) is 32.6 Å². The number of aromatic nitrogens is 3. The second-order valence-electron chi connectivity index (χ2n) is 3.46. The first-order chi connectivity index (χ1) is 7.49. The Balaban J connectivity index is 2.80. The lowest BCUT2D eigenvalue weighted by atomic mass is 10.4. The van der Waals surface area contributed by atoms with Crippen LogP contribution >= 0.6 is 0 Å². The lowest BCUT2D eigenvalue weighted by molar-refractivity contribution is -0.137. The number of carboxylic acids is 1. The normalized spacial score (nSPS) is 10.8. The summed E-state index contributed by atoms with van der Waals surface area (Å²) in [5.41, 5.74) is -0.0449. The van der Waals surface area contributed by atoms with Crippen LogP contribution in [0.15, 0.2) is 15.7 Å². The number of carboxylic acid groups (broad SMARTS) is 1. The van der Waals surface area contributed by atoms with E-state index in [0.29, 0.717) is 10.1 Å². The summed E-state index contributed by atoms with van der Waals surface area (Å²) in [5, 5.41) is 8.57. The van der Waals surface area contributed by atoms with E-state index in [0.717, 1.165) is 5.69 Å². The Morgan fingerprint density at radius 2 is 2.12 bits per heavy atom. The maximum Gasteiger partial charge on any atom is 0.329 e. The van der Waals surface area contributed by atoms with Crippen molar-refractivity contribution in [1.29, 1.82) is 0 Å². The van der Waals surface area contributed by atoms with E-state index in [1.165, 1.54) is 0 Å². The molecule has 3 N–H and O–H groups in total. The first-order valence-electron chi connectivity index (χ1n) is 4.53. The fraction of sp³-hybridized carbons (Fsp3) is 0.222. The van der Waals surface area contributed by atoms with Gasteiger partial charge in [0.25, 0.3) is 5.56 Å². The monoisotopic (exact) mass is 223 g/mol. The van der Waals surface area contributed by atoms with Gasteiger partial charge < -0.3 is 15.1 Å². The minimum atomic E-state index is -1.24. The SMILES string of the molecule is Cc1cc2[nH]c(=O)n(CC(=O)O)c(=O)c2[nH]1. The smallest absolute Gasteiger partial charge is 0.329 e. The second kappa shape index (κ2) is 3.37. The fourth-order valence-corrected chi connectivity index (χ4v) is 1.55. The van der Waals surface area contributed by atoms with Crippen molar-refractivity contribution in [2.45, 2.75) is 13.5 Å². The molecule has 0 aliphatic carbocycles. The van der Waals surface area contributed by atoms with E-state index in [9.17, 15) is 14.4 Å². The van der Waals surface area contributed by atoms with Gasteiger partial charge in [-0.15, -0.1) is 0 Å². The summed E-state index contributed by atoms with van der Waals surface area (Å²) in [4.78, 5) is 38.9. The Morgan fingerprint density at radius 3 is 2.75 bits per heavy atom. The Hall–Kier alpha value is -2.31. The number of hydrogen-bond donors (Lipinski definition) is 3. The standard InChI is InChI=1S/C9H9N3O4/c1-4-2-5-7(10-4)8(15)12(3-6(13)14)9(16)11-5/h2,10H,3H2,1H3,(H,11,16)(H,13,14). The molecule has 0 spiro atoms. The molecule has 0 radical (unpaired) electrons. The van der Waals surface area contributed by atoms with Crippen molar-refractivity contribution in [1.82, 2.24) is 14.5 Å². The summed E-state index contributed by atoms with van der Waals surface area (Å²) in [6, 6.07) is 1.61. The first kappa shape index (κ1) is 10.2. The van der Waals surface area contributed by atoms with Gasteiger partial charge in [-0.25, -0.2) is 9.36 Å². The largest absolute Gasteiger partial charge is 0.480 e. The number of nitrogens with zero attached hydrogens (tertiary/aromatic N) is 1. The third-order valence-electron chi connectivity index (χ3n) is 2.19. The summed E-state index contributed by atoms with van der Waals surface area (Å²) in [6.07, 6.45) is 0. The van der Waals surface area contributed by atoms with Crippen LogP contribution in [0.2, 0.25) is 0 Å². The molecule has 2 heterocycles. The van der Waals surface area contributed by atoms with Crippen LogP contribution in [0.1, 0.15) is 5.69 Å². The Kier molecular flexibility index (Phi) is 2.15. The van der Waals surface area contributed by atoms with Gasteiger partial charge in [0.1, 0.15) is 12.1 Å². The summed E-state index contributed by atoms with van der Waals surface area (Å²) in [6.45, 7) is 1.08. The van der Waals surface area contributed by atoms with Crippen LogP contribution in [-0.2, 0) is 11.3 Å². The van der Waals surface area contributed by atoms with Gasteiger partial charge in [0.2, 0.25) is 0 Å². The van der Waals surface area contributed by atoms with Crippen LogP contribution in [0.5, 0.6) is 0 Å². The molecule has 0 aliphatic rings. The number of hydrogen-bond acceptors (Lipinski definition) is 3. The second-order valence-corrected chi connectivity index (χ2v) is 3.46. The van der Waals surface area contributed by atoms with Gasteiger partial charge in [0.05, 0.1) is 5.52 Å². The topological polar surface area (TPSA) is 108 Å². The van der Waals surface area contributed by atoms with E-state index >= 15 is 0 Å². The summed E-state index contributed by atoms with van der Waals surface area (Å²) in [5.74, 6) is -1.24. The number of aliphatic carboxylic acids is 1. The van der Waals surface area contributed by atoms with Gasteiger partial charge in [-0.1, -0.05) is 0 Å². The zero-order valence-electron chi connectivity index (χ0n) is 8.40. The summed E-state index contributed by atoms with van der Waals surface area (Å²) >= 11 is 0. The number of aryl methyl sites for hydroxylation is 1. The Labute approximate surface area is 88.3 Å². The van der Waals surface area contributed by atoms with E-state index in [4.69, 9.17) is 5.11 Å². The van der Waals surface area contributed by atoms with Crippen LogP contribution in [-0.4, -0.2) is 25.6 Å². The molecule has 2 rings (SSSR count). The molecule has 0 aromatic carbocycles. The van der Waals surface area contributed by atoms with Crippen LogP contribution in [0.4, 0.5) is 0 Å². The number of nitrogens with one attached hydrogen (secondary N) is 2. The van der Waals surface area contributed by atoms with Crippen LogP contribution < -0.4 is 11.2 Å². The summed E-state index contributed by atoms with van der Waals surface area (Å²) < 4.78 is 0.639. The average Bonchev–Trinajstić information content (AvgIpc) is 2.53. The van der Waals surface area contributed by atoms with E-state index in [1.807, 2.05) is 0 Å². The van der Waals surface area contributed by atoms with Gasteiger partial charge in [-0.05, 0) is 13.0 Å². The summed E-state index contributed by atoms with van der Waals surface area (Å²) in [7, 11) is 0. The molecule has 16 heavy (non-hydrogen) atoms.